The average molecular weight is 379 g/mol. The van der Waals surface area contributed by atoms with Gasteiger partial charge in [0, 0.05) is 11.6 Å². The van der Waals surface area contributed by atoms with Crippen molar-refractivity contribution in [1.82, 2.24) is 0 Å². The Balaban J connectivity index is 3.10. The third kappa shape index (κ3) is 8.37. The van der Waals surface area contributed by atoms with Crippen LogP contribution >= 0.6 is 0 Å². The molecule has 1 aromatic rings. The van der Waals surface area contributed by atoms with Crippen molar-refractivity contribution >= 4 is 12.0 Å². The van der Waals surface area contributed by atoms with Gasteiger partial charge < -0.3 is 18.9 Å². The third-order valence-corrected chi connectivity index (χ3v) is 3.61. The molecule has 0 atom stereocenters. The van der Waals surface area contributed by atoms with Gasteiger partial charge in [0.1, 0.15) is 0 Å². The first-order chi connectivity index (χ1) is 13.2. The summed E-state index contributed by atoms with van der Waals surface area (Å²) in [5.74, 6) is 1.52. The zero-order valence-corrected chi connectivity index (χ0v) is 17.2. The van der Waals surface area contributed by atoms with E-state index in [1.807, 2.05) is 19.1 Å². The van der Waals surface area contributed by atoms with Gasteiger partial charge in [-0.2, -0.15) is 0 Å². The molecule has 0 aliphatic rings. The van der Waals surface area contributed by atoms with Gasteiger partial charge in [0.2, 0.25) is 5.75 Å². The van der Waals surface area contributed by atoms with Crippen LogP contribution in [0.1, 0.15) is 65.4 Å². The highest BCUT2D eigenvalue weighted by atomic mass is 16.5. The van der Waals surface area contributed by atoms with Crippen molar-refractivity contribution in [3.05, 3.63) is 23.8 Å². The van der Waals surface area contributed by atoms with Crippen LogP contribution in [0.15, 0.2) is 18.2 Å². The second kappa shape index (κ2) is 14.0. The Labute approximate surface area is 163 Å². The number of rotatable bonds is 14. The van der Waals surface area contributed by atoms with Gasteiger partial charge in [-0.1, -0.05) is 34.1 Å². The maximum absolute atomic E-state index is 11.9. The van der Waals surface area contributed by atoms with Crippen LogP contribution in [0.25, 0.3) is 6.08 Å². The van der Waals surface area contributed by atoms with Gasteiger partial charge in [-0.25, -0.2) is 4.79 Å². The number of unbranched alkanes of at least 4 members (excludes halogenated alkanes) is 1. The predicted molar refractivity (Wildman–Crippen MR) is 109 cm³/mol. The Morgan fingerprint density at radius 1 is 0.815 bits per heavy atom. The minimum absolute atomic E-state index is 0.354. The maximum atomic E-state index is 11.9. The summed E-state index contributed by atoms with van der Waals surface area (Å²) in [4.78, 5) is 11.9. The van der Waals surface area contributed by atoms with Crippen molar-refractivity contribution in [1.29, 1.82) is 0 Å². The molecule has 0 N–H and O–H groups in total. The SMILES string of the molecule is CCCCOC(=O)C=Cc1ccc(OCCC)c(OCCC)c1OCCC. The van der Waals surface area contributed by atoms with Crippen LogP contribution in [0.2, 0.25) is 0 Å². The molecule has 0 heterocycles. The fraction of sp³-hybridized carbons (Fsp3) is 0.591. The smallest absolute Gasteiger partial charge is 0.330 e. The summed E-state index contributed by atoms with van der Waals surface area (Å²) in [6.45, 7) is 10.4. The molecule has 152 valence electrons. The van der Waals surface area contributed by atoms with Crippen LogP contribution in [-0.2, 0) is 9.53 Å². The summed E-state index contributed by atoms with van der Waals surface area (Å²) in [5.41, 5.74) is 0.769. The topological polar surface area (TPSA) is 54.0 Å². The van der Waals surface area contributed by atoms with Crippen molar-refractivity contribution in [3.8, 4) is 17.2 Å². The van der Waals surface area contributed by atoms with Crippen molar-refractivity contribution in [2.24, 2.45) is 0 Å². The molecule has 5 nitrogen and oxygen atoms in total. The van der Waals surface area contributed by atoms with E-state index in [1.165, 1.54) is 6.08 Å². The molecule has 5 heteroatoms. The molecule has 0 spiro atoms. The normalized spacial score (nSPS) is 10.8. The van der Waals surface area contributed by atoms with Gasteiger partial charge >= 0.3 is 5.97 Å². The van der Waals surface area contributed by atoms with Crippen LogP contribution in [0, 0.1) is 0 Å². The van der Waals surface area contributed by atoms with E-state index < -0.39 is 0 Å². The monoisotopic (exact) mass is 378 g/mol. The minimum atomic E-state index is -0.354. The van der Waals surface area contributed by atoms with E-state index in [1.54, 1.807) is 6.08 Å². The van der Waals surface area contributed by atoms with Crippen molar-refractivity contribution < 1.29 is 23.7 Å². The molecule has 0 bridgehead atoms. The highest BCUT2D eigenvalue weighted by molar-refractivity contribution is 5.88. The van der Waals surface area contributed by atoms with Crippen LogP contribution in [0.5, 0.6) is 17.2 Å². The van der Waals surface area contributed by atoms with E-state index in [0.29, 0.717) is 43.7 Å². The van der Waals surface area contributed by atoms with Crippen LogP contribution in [-0.4, -0.2) is 32.4 Å². The summed E-state index contributed by atoms with van der Waals surface area (Å²) in [7, 11) is 0. The summed E-state index contributed by atoms with van der Waals surface area (Å²) >= 11 is 0. The molecule has 0 radical (unpaired) electrons. The average Bonchev–Trinajstić information content (AvgIpc) is 2.68. The summed E-state index contributed by atoms with van der Waals surface area (Å²) in [6, 6.07) is 3.74. The van der Waals surface area contributed by atoms with E-state index >= 15 is 0 Å². The Morgan fingerprint density at radius 3 is 2.07 bits per heavy atom. The number of ether oxygens (including phenoxy) is 4. The second-order valence-corrected chi connectivity index (χ2v) is 6.21. The highest BCUT2D eigenvalue weighted by Gasteiger charge is 2.17. The lowest BCUT2D eigenvalue weighted by Crippen LogP contribution is -2.06. The summed E-state index contributed by atoms with van der Waals surface area (Å²) in [5, 5.41) is 0. The van der Waals surface area contributed by atoms with Crippen molar-refractivity contribution in [2.75, 3.05) is 26.4 Å². The van der Waals surface area contributed by atoms with E-state index in [0.717, 1.165) is 37.7 Å². The molecule has 0 amide bonds. The van der Waals surface area contributed by atoms with Gasteiger partial charge in [0.25, 0.3) is 0 Å². The molecule has 0 aromatic heterocycles. The van der Waals surface area contributed by atoms with E-state index in [-0.39, 0.29) is 5.97 Å². The molecular weight excluding hydrogens is 344 g/mol. The zero-order chi connectivity index (χ0) is 19.9. The first-order valence-electron chi connectivity index (χ1n) is 10.1. The summed E-state index contributed by atoms with van der Waals surface area (Å²) < 4.78 is 22.9. The Bertz CT molecular complexity index is 580. The second-order valence-electron chi connectivity index (χ2n) is 6.21. The van der Waals surface area contributed by atoms with Gasteiger partial charge in [-0.05, 0) is 43.9 Å². The van der Waals surface area contributed by atoms with Crippen molar-refractivity contribution in [3.63, 3.8) is 0 Å². The van der Waals surface area contributed by atoms with Gasteiger partial charge in [-0.3, -0.25) is 0 Å². The standard InChI is InChI=1S/C22H34O5/c1-5-9-17-25-20(23)13-11-18-10-12-19(24-14-6-2)22(27-16-8-4)21(18)26-15-7-3/h10-13H,5-9,14-17H2,1-4H3. The molecule has 0 aliphatic heterocycles. The Hall–Kier alpha value is -2.17. The fourth-order valence-electron chi connectivity index (χ4n) is 2.23. The fourth-order valence-corrected chi connectivity index (χ4v) is 2.23. The van der Waals surface area contributed by atoms with E-state index in [2.05, 4.69) is 20.8 Å². The molecule has 1 rings (SSSR count). The molecule has 1 aromatic carbocycles. The first kappa shape index (κ1) is 22.9. The minimum Gasteiger partial charge on any atom is -0.490 e. The van der Waals surface area contributed by atoms with Crippen LogP contribution in [0.3, 0.4) is 0 Å². The lowest BCUT2D eigenvalue weighted by atomic mass is 10.1. The quantitative estimate of drug-likeness (QED) is 0.246. The Morgan fingerprint density at radius 2 is 1.44 bits per heavy atom. The van der Waals surface area contributed by atoms with E-state index in [4.69, 9.17) is 18.9 Å². The van der Waals surface area contributed by atoms with Crippen LogP contribution in [0.4, 0.5) is 0 Å². The lowest BCUT2D eigenvalue weighted by Gasteiger charge is -2.18. The number of esters is 1. The van der Waals surface area contributed by atoms with E-state index in [9.17, 15) is 4.79 Å². The number of benzene rings is 1. The highest BCUT2D eigenvalue weighted by Crippen LogP contribution is 2.41. The van der Waals surface area contributed by atoms with Gasteiger partial charge in [0.05, 0.1) is 26.4 Å². The summed E-state index contributed by atoms with van der Waals surface area (Å²) in [6.07, 6.45) is 7.65. The molecule has 0 fully saturated rings. The zero-order valence-electron chi connectivity index (χ0n) is 17.2. The molecule has 0 saturated heterocycles. The van der Waals surface area contributed by atoms with Crippen molar-refractivity contribution in [2.45, 2.75) is 59.8 Å². The Kier molecular flexibility index (Phi) is 11.8. The van der Waals surface area contributed by atoms with Crippen LogP contribution < -0.4 is 14.2 Å². The number of carbonyl (C=O) groups is 1. The van der Waals surface area contributed by atoms with Gasteiger partial charge in [0.15, 0.2) is 11.5 Å². The molecular formula is C22H34O5. The number of hydrogen-bond acceptors (Lipinski definition) is 5. The molecule has 0 unspecified atom stereocenters. The third-order valence-electron chi connectivity index (χ3n) is 3.61. The molecule has 0 aliphatic carbocycles. The van der Waals surface area contributed by atoms with Gasteiger partial charge in [-0.15, -0.1) is 0 Å². The lowest BCUT2D eigenvalue weighted by molar-refractivity contribution is -0.137. The molecule has 27 heavy (non-hydrogen) atoms. The number of carbonyl (C=O) groups excluding carboxylic acids is 1. The molecule has 0 saturated carbocycles. The number of hydrogen-bond donors (Lipinski definition) is 0. The largest absolute Gasteiger partial charge is 0.490 e. The first-order valence-corrected chi connectivity index (χ1v) is 10.1. The predicted octanol–water partition coefficient (Wildman–Crippen LogP) is 5.41. The maximum Gasteiger partial charge on any atom is 0.330 e.